The highest BCUT2D eigenvalue weighted by atomic mass is 19.4. The fraction of sp³-hybridized carbons (Fsp3) is 0.524. The number of halogens is 6. The van der Waals surface area contributed by atoms with Crippen LogP contribution in [0.4, 0.5) is 26.3 Å². The topological polar surface area (TPSA) is 140 Å². The van der Waals surface area contributed by atoms with Crippen LogP contribution in [-0.4, -0.2) is 72.8 Å². The highest BCUT2D eigenvalue weighted by Gasteiger charge is 2.39. The van der Waals surface area contributed by atoms with Gasteiger partial charge in [0.2, 0.25) is 0 Å². The van der Waals surface area contributed by atoms with Gasteiger partial charge in [-0.05, 0) is 37.0 Å². The summed E-state index contributed by atoms with van der Waals surface area (Å²) >= 11 is 0. The zero-order valence-electron chi connectivity index (χ0n) is 19.3. The van der Waals surface area contributed by atoms with Crippen molar-refractivity contribution in [2.45, 2.75) is 57.1 Å². The van der Waals surface area contributed by atoms with Gasteiger partial charge in [0, 0.05) is 31.5 Å². The number of aromatic nitrogens is 3. The molecule has 2 aromatic heterocycles. The molecule has 0 atom stereocenters. The summed E-state index contributed by atoms with van der Waals surface area (Å²) in [5, 5.41) is 32.5. The standard InChI is InChI=1S/C17H24N4O.2C2HF3O2/c1-13(2)15-11-14(19-20-15)12-21-9-6-17(22,7-10-21)16-5-3-4-8-18-16;2*3-2(4,5)1(6)7/h3-5,8,11,13,22H,6-7,9-10,12H2,1-2H3,(H,19,20);2*(H,6,7). The van der Waals surface area contributed by atoms with E-state index in [4.69, 9.17) is 19.8 Å². The largest absolute Gasteiger partial charge is 0.490 e. The fourth-order valence-corrected chi connectivity index (χ4v) is 2.97. The molecule has 0 bridgehead atoms. The molecule has 0 amide bonds. The second kappa shape index (κ2) is 12.7. The first kappa shape index (κ1) is 30.8. The van der Waals surface area contributed by atoms with Crippen LogP contribution in [0, 0.1) is 0 Å². The van der Waals surface area contributed by atoms with Crippen molar-refractivity contribution in [3.05, 3.63) is 47.5 Å². The number of H-pyrrole nitrogens is 1. The van der Waals surface area contributed by atoms with Crippen LogP contribution in [0.25, 0.3) is 0 Å². The Morgan fingerprint density at radius 2 is 1.56 bits per heavy atom. The molecule has 0 radical (unpaired) electrons. The Morgan fingerprint density at radius 1 is 1.06 bits per heavy atom. The summed E-state index contributed by atoms with van der Waals surface area (Å²) in [5.74, 6) is -5.07. The van der Waals surface area contributed by atoms with Crippen molar-refractivity contribution in [3.63, 3.8) is 0 Å². The van der Waals surface area contributed by atoms with E-state index in [2.05, 4.69) is 40.0 Å². The van der Waals surface area contributed by atoms with E-state index in [1.165, 1.54) is 0 Å². The average Bonchev–Trinajstić information content (AvgIpc) is 3.25. The molecule has 1 fully saturated rings. The monoisotopic (exact) mass is 528 g/mol. The number of rotatable bonds is 4. The lowest BCUT2D eigenvalue weighted by molar-refractivity contribution is -0.193. The Labute approximate surface area is 201 Å². The first-order chi connectivity index (χ1) is 16.5. The van der Waals surface area contributed by atoms with Gasteiger partial charge in [-0.2, -0.15) is 31.4 Å². The number of aliphatic carboxylic acids is 2. The second-order valence-electron chi connectivity index (χ2n) is 8.10. The number of likely N-dealkylation sites (tertiary alicyclic amines) is 1. The fourth-order valence-electron chi connectivity index (χ4n) is 2.97. The van der Waals surface area contributed by atoms with Crippen molar-refractivity contribution >= 4 is 11.9 Å². The number of nitrogens with zero attached hydrogens (tertiary/aromatic N) is 3. The number of piperidine rings is 1. The summed E-state index contributed by atoms with van der Waals surface area (Å²) in [7, 11) is 0. The predicted molar refractivity (Wildman–Crippen MR) is 113 cm³/mol. The predicted octanol–water partition coefficient (Wildman–Crippen LogP) is 3.68. The van der Waals surface area contributed by atoms with Gasteiger partial charge in [-0.25, -0.2) is 9.59 Å². The van der Waals surface area contributed by atoms with Gasteiger partial charge < -0.3 is 15.3 Å². The summed E-state index contributed by atoms with van der Waals surface area (Å²) in [6, 6.07) is 7.88. The van der Waals surface area contributed by atoms with E-state index in [0.717, 1.165) is 49.6 Å². The smallest absolute Gasteiger partial charge is 0.475 e. The third-order valence-corrected chi connectivity index (χ3v) is 4.95. The number of aliphatic hydroxyl groups is 1. The summed E-state index contributed by atoms with van der Waals surface area (Å²) in [4.78, 5) is 24.5. The molecule has 3 rings (SSSR count). The van der Waals surface area contributed by atoms with E-state index >= 15 is 0 Å². The third kappa shape index (κ3) is 10.2. The molecule has 1 aliphatic heterocycles. The molecule has 3 heterocycles. The van der Waals surface area contributed by atoms with Crippen LogP contribution in [0.5, 0.6) is 0 Å². The van der Waals surface area contributed by atoms with Gasteiger partial charge >= 0.3 is 24.3 Å². The summed E-state index contributed by atoms with van der Waals surface area (Å²) in [5.41, 5.74) is 2.26. The van der Waals surface area contributed by atoms with E-state index in [1.807, 2.05) is 18.2 Å². The molecule has 0 aliphatic carbocycles. The minimum atomic E-state index is -5.08. The summed E-state index contributed by atoms with van der Waals surface area (Å²) in [6.45, 7) is 6.88. The van der Waals surface area contributed by atoms with Crippen LogP contribution in [0.2, 0.25) is 0 Å². The van der Waals surface area contributed by atoms with E-state index in [-0.39, 0.29) is 0 Å². The molecule has 0 unspecified atom stereocenters. The number of aromatic amines is 1. The minimum Gasteiger partial charge on any atom is -0.475 e. The van der Waals surface area contributed by atoms with Crippen LogP contribution < -0.4 is 0 Å². The third-order valence-electron chi connectivity index (χ3n) is 4.95. The Balaban J connectivity index is 0.000000383. The zero-order valence-corrected chi connectivity index (χ0v) is 19.3. The molecule has 0 aromatic carbocycles. The van der Waals surface area contributed by atoms with Crippen molar-refractivity contribution in [2.75, 3.05) is 13.1 Å². The van der Waals surface area contributed by atoms with Gasteiger partial charge in [-0.3, -0.25) is 15.0 Å². The molecule has 1 aliphatic rings. The second-order valence-corrected chi connectivity index (χ2v) is 8.10. The number of hydrogen-bond donors (Lipinski definition) is 4. The number of carbonyl (C=O) groups is 2. The zero-order chi connectivity index (χ0) is 27.7. The SMILES string of the molecule is CC(C)c1cc(CN2CCC(O)(c3ccccn3)CC2)[nH]n1.O=C(O)C(F)(F)F.O=C(O)C(F)(F)F. The van der Waals surface area contributed by atoms with Crippen molar-refractivity contribution < 1.29 is 51.3 Å². The maximum absolute atomic E-state index is 10.8. The minimum absolute atomic E-state index is 0.445. The number of alkyl halides is 6. The average molecular weight is 528 g/mol. The van der Waals surface area contributed by atoms with Crippen molar-refractivity contribution in [1.29, 1.82) is 0 Å². The number of hydrogen-bond acceptors (Lipinski definition) is 6. The van der Waals surface area contributed by atoms with Gasteiger partial charge in [0.05, 0.1) is 11.4 Å². The molecule has 1 saturated heterocycles. The quantitative estimate of drug-likeness (QED) is 0.441. The first-order valence-corrected chi connectivity index (χ1v) is 10.5. The molecule has 0 spiro atoms. The number of carboxylic acid groups (broad SMARTS) is 2. The maximum atomic E-state index is 10.8. The number of pyridine rings is 1. The molecule has 0 saturated carbocycles. The van der Waals surface area contributed by atoms with Crippen LogP contribution in [0.15, 0.2) is 30.5 Å². The highest BCUT2D eigenvalue weighted by molar-refractivity contribution is 5.73. The maximum Gasteiger partial charge on any atom is 0.490 e. The Bertz CT molecular complexity index is 947. The van der Waals surface area contributed by atoms with Crippen molar-refractivity contribution in [3.8, 4) is 0 Å². The van der Waals surface area contributed by atoms with E-state index < -0.39 is 29.9 Å². The summed E-state index contributed by atoms with van der Waals surface area (Å²) in [6.07, 6.45) is -6.98. The molecule has 202 valence electrons. The van der Waals surface area contributed by atoms with Crippen molar-refractivity contribution in [1.82, 2.24) is 20.1 Å². The number of nitrogens with one attached hydrogen (secondary N) is 1. The molecule has 4 N–H and O–H groups in total. The van der Waals surface area contributed by atoms with Gasteiger partial charge in [0.15, 0.2) is 0 Å². The lowest BCUT2D eigenvalue weighted by atomic mass is 9.87. The molecule has 9 nitrogen and oxygen atoms in total. The molecule has 36 heavy (non-hydrogen) atoms. The lowest BCUT2D eigenvalue weighted by Gasteiger charge is -2.37. The molecular formula is C21H26F6N4O5. The van der Waals surface area contributed by atoms with E-state index in [0.29, 0.717) is 5.92 Å². The van der Waals surface area contributed by atoms with Gasteiger partial charge in [0.25, 0.3) is 0 Å². The van der Waals surface area contributed by atoms with Gasteiger partial charge in [-0.15, -0.1) is 0 Å². The lowest BCUT2D eigenvalue weighted by Crippen LogP contribution is -2.42. The van der Waals surface area contributed by atoms with E-state index in [9.17, 15) is 31.4 Å². The van der Waals surface area contributed by atoms with Crippen LogP contribution in [-0.2, 0) is 21.7 Å². The molecule has 15 heteroatoms. The highest BCUT2D eigenvalue weighted by Crippen LogP contribution is 2.31. The van der Waals surface area contributed by atoms with Crippen LogP contribution in [0.3, 0.4) is 0 Å². The van der Waals surface area contributed by atoms with E-state index in [1.54, 1.807) is 6.20 Å². The Morgan fingerprint density at radius 3 is 1.92 bits per heavy atom. The van der Waals surface area contributed by atoms with Gasteiger partial charge in [-0.1, -0.05) is 19.9 Å². The van der Waals surface area contributed by atoms with Crippen LogP contribution in [0.1, 0.15) is 49.7 Å². The molecular weight excluding hydrogens is 502 g/mol. The normalized spacial score (nSPS) is 15.8. The number of carboxylic acids is 2. The Kier molecular flexibility index (Phi) is 10.8. The summed E-state index contributed by atoms with van der Waals surface area (Å²) < 4.78 is 63.5. The van der Waals surface area contributed by atoms with Gasteiger partial charge in [0.1, 0.15) is 5.60 Å². The first-order valence-electron chi connectivity index (χ1n) is 10.5. The molecule has 2 aromatic rings. The van der Waals surface area contributed by atoms with Crippen molar-refractivity contribution in [2.24, 2.45) is 0 Å². The van der Waals surface area contributed by atoms with Crippen LogP contribution >= 0.6 is 0 Å². The Hall–Kier alpha value is -3.20.